The van der Waals surface area contributed by atoms with Crippen LogP contribution in [0.15, 0.2) is 24.3 Å². The monoisotopic (exact) mass is 360 g/mol. The number of rotatable bonds is 10. The summed E-state index contributed by atoms with van der Waals surface area (Å²) in [5, 5.41) is 9.16. The van der Waals surface area contributed by atoms with Crippen molar-refractivity contribution in [2.45, 2.75) is 33.1 Å². The zero-order valence-corrected chi connectivity index (χ0v) is 16.0. The number of anilines is 1. The summed E-state index contributed by atoms with van der Waals surface area (Å²) in [6.07, 6.45) is 2.62. The molecule has 2 amide bonds. The van der Waals surface area contributed by atoms with Crippen molar-refractivity contribution in [3.8, 4) is 0 Å². The van der Waals surface area contributed by atoms with Gasteiger partial charge in [-0.25, -0.2) is 0 Å². The molecular weight excluding hydrogens is 328 g/mol. The first-order valence-electron chi connectivity index (χ1n) is 9.73. The van der Waals surface area contributed by atoms with Gasteiger partial charge in [-0.3, -0.25) is 9.59 Å². The van der Waals surface area contributed by atoms with E-state index in [2.05, 4.69) is 34.7 Å². The summed E-state index contributed by atoms with van der Waals surface area (Å²) in [5.41, 5.74) is 1.35. The van der Waals surface area contributed by atoms with Crippen molar-refractivity contribution in [3.63, 3.8) is 0 Å². The van der Waals surface area contributed by atoms with Crippen LogP contribution in [0.2, 0.25) is 0 Å². The lowest BCUT2D eigenvalue weighted by Gasteiger charge is -2.18. The summed E-state index contributed by atoms with van der Waals surface area (Å²) in [6, 6.07) is 7.08. The summed E-state index contributed by atoms with van der Waals surface area (Å²) in [5.74, 6) is 0.570. The highest BCUT2D eigenvalue weighted by molar-refractivity contribution is 5.95. The standard InChI is InChI=1S/C20H32N4O2/c1-3-24(4-2)14-13-22-20(26)17-6-8-18(9-7-17)23-19(25)10-5-16-11-12-21-15-16/h6-9,16,21H,3-5,10-15H2,1-2H3,(H,22,26)(H,23,25). The topological polar surface area (TPSA) is 73.5 Å². The Morgan fingerprint density at radius 1 is 1.19 bits per heavy atom. The first-order valence-corrected chi connectivity index (χ1v) is 9.73. The maximum atomic E-state index is 12.2. The number of benzene rings is 1. The molecule has 1 atom stereocenters. The zero-order valence-electron chi connectivity index (χ0n) is 16.0. The van der Waals surface area contributed by atoms with Gasteiger partial charge in [0.05, 0.1) is 0 Å². The van der Waals surface area contributed by atoms with Crippen LogP contribution in [0.4, 0.5) is 5.69 Å². The molecule has 1 aliphatic rings. The van der Waals surface area contributed by atoms with Gasteiger partial charge >= 0.3 is 0 Å². The van der Waals surface area contributed by atoms with Crippen LogP contribution in [0.5, 0.6) is 0 Å². The SMILES string of the molecule is CCN(CC)CCNC(=O)c1ccc(NC(=O)CCC2CCNC2)cc1. The minimum atomic E-state index is -0.0798. The van der Waals surface area contributed by atoms with Gasteiger partial charge in [0, 0.05) is 30.8 Å². The third kappa shape index (κ3) is 6.77. The van der Waals surface area contributed by atoms with Gasteiger partial charge in [0.25, 0.3) is 5.91 Å². The van der Waals surface area contributed by atoms with E-state index in [1.807, 2.05) is 0 Å². The van der Waals surface area contributed by atoms with Crippen LogP contribution in [-0.4, -0.2) is 56.0 Å². The number of hydrogen-bond donors (Lipinski definition) is 3. The molecule has 1 aliphatic heterocycles. The average Bonchev–Trinajstić information content (AvgIpc) is 3.18. The van der Waals surface area contributed by atoms with Crippen LogP contribution >= 0.6 is 0 Å². The summed E-state index contributed by atoms with van der Waals surface area (Å²) in [4.78, 5) is 26.5. The van der Waals surface area contributed by atoms with Crippen LogP contribution in [0.1, 0.15) is 43.5 Å². The Bertz CT molecular complexity index is 564. The summed E-state index contributed by atoms with van der Waals surface area (Å²) in [6.45, 7) is 9.76. The van der Waals surface area contributed by atoms with E-state index >= 15 is 0 Å². The third-order valence-electron chi connectivity index (χ3n) is 4.98. The van der Waals surface area contributed by atoms with Gasteiger partial charge in [0.15, 0.2) is 0 Å². The van der Waals surface area contributed by atoms with Crippen LogP contribution in [0.3, 0.4) is 0 Å². The van der Waals surface area contributed by atoms with E-state index in [1.54, 1.807) is 24.3 Å². The maximum Gasteiger partial charge on any atom is 0.251 e. The summed E-state index contributed by atoms with van der Waals surface area (Å²) >= 11 is 0. The Hall–Kier alpha value is -1.92. The molecule has 3 N–H and O–H groups in total. The number of nitrogens with zero attached hydrogens (tertiary/aromatic N) is 1. The van der Waals surface area contributed by atoms with Crippen molar-refractivity contribution < 1.29 is 9.59 Å². The van der Waals surface area contributed by atoms with Crippen LogP contribution in [0, 0.1) is 5.92 Å². The Morgan fingerprint density at radius 3 is 2.54 bits per heavy atom. The number of nitrogens with one attached hydrogen (secondary N) is 3. The molecule has 2 rings (SSSR count). The van der Waals surface area contributed by atoms with Crippen molar-refractivity contribution >= 4 is 17.5 Å². The van der Waals surface area contributed by atoms with Crippen LogP contribution in [-0.2, 0) is 4.79 Å². The van der Waals surface area contributed by atoms with E-state index in [4.69, 9.17) is 0 Å². The maximum absolute atomic E-state index is 12.2. The molecule has 1 saturated heterocycles. The first-order chi connectivity index (χ1) is 12.6. The Balaban J connectivity index is 1.72. The predicted octanol–water partition coefficient (Wildman–Crippen LogP) is 2.09. The second-order valence-corrected chi connectivity index (χ2v) is 6.81. The van der Waals surface area contributed by atoms with Gasteiger partial charge in [0.2, 0.25) is 5.91 Å². The molecule has 1 fully saturated rings. The second-order valence-electron chi connectivity index (χ2n) is 6.81. The molecule has 0 bridgehead atoms. The Morgan fingerprint density at radius 2 is 1.92 bits per heavy atom. The fraction of sp³-hybridized carbons (Fsp3) is 0.600. The summed E-state index contributed by atoms with van der Waals surface area (Å²) in [7, 11) is 0. The minimum Gasteiger partial charge on any atom is -0.351 e. The number of amides is 2. The van der Waals surface area contributed by atoms with Gasteiger partial charge < -0.3 is 20.9 Å². The average molecular weight is 361 g/mol. The van der Waals surface area contributed by atoms with E-state index in [9.17, 15) is 9.59 Å². The largest absolute Gasteiger partial charge is 0.351 e. The van der Waals surface area contributed by atoms with E-state index in [0.717, 1.165) is 51.3 Å². The summed E-state index contributed by atoms with van der Waals surface area (Å²) < 4.78 is 0. The molecule has 1 heterocycles. The molecule has 0 aliphatic carbocycles. The lowest BCUT2D eigenvalue weighted by Crippen LogP contribution is -2.34. The highest BCUT2D eigenvalue weighted by Crippen LogP contribution is 2.15. The van der Waals surface area contributed by atoms with E-state index in [-0.39, 0.29) is 11.8 Å². The van der Waals surface area contributed by atoms with Gasteiger partial charge in [-0.1, -0.05) is 13.8 Å². The first kappa shape index (κ1) is 20.4. The van der Waals surface area contributed by atoms with Crippen LogP contribution < -0.4 is 16.0 Å². The fourth-order valence-corrected chi connectivity index (χ4v) is 3.19. The number of carbonyl (C=O) groups excluding carboxylic acids is 2. The molecule has 144 valence electrons. The molecule has 0 saturated carbocycles. The fourth-order valence-electron chi connectivity index (χ4n) is 3.19. The van der Waals surface area contributed by atoms with E-state index in [1.165, 1.54) is 0 Å². The van der Waals surface area contributed by atoms with Crippen LogP contribution in [0.25, 0.3) is 0 Å². The molecule has 0 spiro atoms. The number of carbonyl (C=O) groups is 2. The molecule has 6 heteroatoms. The lowest BCUT2D eigenvalue weighted by molar-refractivity contribution is -0.116. The Labute approximate surface area is 156 Å². The second kappa shape index (κ2) is 10.9. The van der Waals surface area contributed by atoms with Crippen molar-refractivity contribution in [2.75, 3.05) is 44.6 Å². The van der Waals surface area contributed by atoms with Gasteiger partial charge in [-0.05, 0) is 69.2 Å². The number of likely N-dealkylation sites (N-methyl/N-ethyl adjacent to an activating group) is 1. The molecule has 0 radical (unpaired) electrons. The molecule has 0 aromatic heterocycles. The van der Waals surface area contributed by atoms with Gasteiger partial charge in [-0.2, -0.15) is 0 Å². The van der Waals surface area contributed by atoms with Crippen molar-refractivity contribution in [3.05, 3.63) is 29.8 Å². The molecule has 1 aromatic carbocycles. The predicted molar refractivity (Wildman–Crippen MR) is 105 cm³/mol. The molecule has 6 nitrogen and oxygen atoms in total. The highest BCUT2D eigenvalue weighted by atomic mass is 16.2. The van der Waals surface area contributed by atoms with E-state index in [0.29, 0.717) is 24.4 Å². The van der Waals surface area contributed by atoms with Gasteiger partial charge in [-0.15, -0.1) is 0 Å². The molecule has 26 heavy (non-hydrogen) atoms. The van der Waals surface area contributed by atoms with E-state index < -0.39 is 0 Å². The van der Waals surface area contributed by atoms with Gasteiger partial charge in [0.1, 0.15) is 0 Å². The van der Waals surface area contributed by atoms with Crippen molar-refractivity contribution in [1.29, 1.82) is 0 Å². The lowest BCUT2D eigenvalue weighted by atomic mass is 10.0. The normalized spacial score (nSPS) is 16.7. The van der Waals surface area contributed by atoms with Crippen molar-refractivity contribution in [1.82, 2.24) is 15.5 Å². The number of hydrogen-bond acceptors (Lipinski definition) is 4. The minimum absolute atomic E-state index is 0.0355. The third-order valence-corrected chi connectivity index (χ3v) is 4.98. The van der Waals surface area contributed by atoms with Crippen molar-refractivity contribution in [2.24, 2.45) is 5.92 Å². The molecule has 1 aromatic rings. The molecule has 1 unspecified atom stereocenters. The zero-order chi connectivity index (χ0) is 18.8. The molecular formula is C20H32N4O2. The quantitative estimate of drug-likeness (QED) is 0.597. The smallest absolute Gasteiger partial charge is 0.251 e. The highest BCUT2D eigenvalue weighted by Gasteiger charge is 2.15. The Kier molecular flexibility index (Phi) is 8.58.